The number of nitrogens with two attached hydrogens (primary N) is 1. The second kappa shape index (κ2) is 5.33. The van der Waals surface area contributed by atoms with Gasteiger partial charge in [-0.15, -0.1) is 0 Å². The number of rotatable bonds is 0. The van der Waals surface area contributed by atoms with Gasteiger partial charge < -0.3 is 10.6 Å². The standard InChI is InChI=1S/CH3ClN2.Cl2HO2P/c2-1(3)4;1-5(2,3)4/h(H3,3,4);(H,3,4). The monoisotopic (exact) mass is 212 g/mol. The maximum absolute atomic E-state index is 9.30. The Bertz CT molecular complexity index is 120. The first-order chi connectivity index (χ1) is 3.73. The van der Waals surface area contributed by atoms with E-state index < -0.39 is 6.07 Å². The highest BCUT2D eigenvalue weighted by Crippen LogP contribution is 2.51. The van der Waals surface area contributed by atoms with E-state index in [2.05, 4.69) is 39.8 Å². The molecule has 0 aromatic rings. The van der Waals surface area contributed by atoms with Crippen molar-refractivity contribution < 1.29 is 9.46 Å². The quantitative estimate of drug-likeness (QED) is 0.248. The Kier molecular flexibility index (Phi) is 7.24. The second-order valence-corrected chi connectivity index (χ2v) is 5.33. The van der Waals surface area contributed by atoms with E-state index in [1.807, 2.05) is 0 Å². The lowest BCUT2D eigenvalue weighted by Crippen LogP contribution is -1.96. The van der Waals surface area contributed by atoms with Crippen molar-refractivity contribution in [1.29, 1.82) is 5.41 Å². The van der Waals surface area contributed by atoms with E-state index in [9.17, 15) is 4.57 Å². The van der Waals surface area contributed by atoms with Gasteiger partial charge in [0, 0.05) is 0 Å². The van der Waals surface area contributed by atoms with Crippen molar-refractivity contribution in [2.24, 2.45) is 5.73 Å². The SMILES string of the molecule is N=C(N)Cl.O=P(O)(Cl)Cl. The summed E-state index contributed by atoms with van der Waals surface area (Å²) in [5.74, 6) is 0. The van der Waals surface area contributed by atoms with Gasteiger partial charge in [0.2, 0.25) is 0 Å². The van der Waals surface area contributed by atoms with E-state index in [0.717, 1.165) is 0 Å². The average molecular weight is 213 g/mol. The summed E-state index contributed by atoms with van der Waals surface area (Å²) in [4.78, 5) is 7.61. The molecule has 56 valence electrons. The minimum atomic E-state index is -3.69. The van der Waals surface area contributed by atoms with Gasteiger partial charge >= 0.3 is 6.07 Å². The maximum atomic E-state index is 9.30. The summed E-state index contributed by atoms with van der Waals surface area (Å²) in [5, 5.41) is 5.68. The molecule has 0 aliphatic carbocycles. The Morgan fingerprint density at radius 3 is 1.67 bits per heavy atom. The summed E-state index contributed by atoms with van der Waals surface area (Å²) in [5.41, 5.74) is 4.46. The predicted molar refractivity (Wildman–Crippen MR) is 39.3 cm³/mol. The van der Waals surface area contributed by atoms with Gasteiger partial charge in [-0.1, -0.05) is 0 Å². The Labute approximate surface area is 66.4 Å². The van der Waals surface area contributed by atoms with E-state index in [-0.39, 0.29) is 5.29 Å². The third kappa shape index (κ3) is 1290. The first-order valence-corrected chi connectivity index (χ1v) is 5.30. The van der Waals surface area contributed by atoms with Crippen LogP contribution in [0.1, 0.15) is 0 Å². The molecule has 0 aromatic heterocycles. The first-order valence-electron chi connectivity index (χ1n) is 1.45. The van der Waals surface area contributed by atoms with E-state index in [1.54, 1.807) is 0 Å². The van der Waals surface area contributed by atoms with Crippen LogP contribution in [-0.2, 0) is 4.57 Å². The van der Waals surface area contributed by atoms with Crippen LogP contribution in [-0.4, -0.2) is 10.2 Å². The lowest BCUT2D eigenvalue weighted by Gasteiger charge is -1.77. The minimum absolute atomic E-state index is 0.361. The zero-order valence-corrected chi connectivity index (χ0v) is 7.18. The van der Waals surface area contributed by atoms with Crippen molar-refractivity contribution in [2.45, 2.75) is 0 Å². The van der Waals surface area contributed by atoms with Crippen molar-refractivity contribution in [1.82, 2.24) is 0 Å². The van der Waals surface area contributed by atoms with Crippen molar-refractivity contribution >= 4 is 45.5 Å². The Hall–Kier alpha value is 0.530. The molecule has 0 bridgehead atoms. The van der Waals surface area contributed by atoms with E-state index in [1.165, 1.54) is 0 Å². The zero-order valence-electron chi connectivity index (χ0n) is 4.01. The Morgan fingerprint density at radius 1 is 1.67 bits per heavy atom. The number of hydrogen-bond donors (Lipinski definition) is 3. The van der Waals surface area contributed by atoms with Crippen molar-refractivity contribution in [3.05, 3.63) is 0 Å². The summed E-state index contributed by atoms with van der Waals surface area (Å²) in [7, 11) is 0. The molecular weight excluding hydrogens is 209 g/mol. The van der Waals surface area contributed by atoms with Crippen LogP contribution in [0.4, 0.5) is 0 Å². The van der Waals surface area contributed by atoms with Crippen LogP contribution in [0.3, 0.4) is 0 Å². The predicted octanol–water partition coefficient (Wildman–Crippen LogP) is 1.68. The van der Waals surface area contributed by atoms with Crippen molar-refractivity contribution in [2.75, 3.05) is 0 Å². The molecule has 4 nitrogen and oxygen atoms in total. The van der Waals surface area contributed by atoms with E-state index in [4.69, 9.17) is 10.3 Å². The normalized spacial score (nSPS) is 9.33. The fraction of sp³-hybridized carbons (Fsp3) is 0. The Balaban J connectivity index is 0. The summed E-state index contributed by atoms with van der Waals surface area (Å²) in [6.07, 6.45) is -3.69. The van der Waals surface area contributed by atoms with Crippen LogP contribution in [0.15, 0.2) is 0 Å². The van der Waals surface area contributed by atoms with Gasteiger partial charge in [-0.25, -0.2) is 0 Å². The minimum Gasteiger partial charge on any atom is -0.374 e. The summed E-state index contributed by atoms with van der Waals surface area (Å²) in [6.45, 7) is 0. The molecule has 0 spiro atoms. The fourth-order valence-electron chi connectivity index (χ4n) is 0. The Morgan fingerprint density at radius 2 is 1.67 bits per heavy atom. The molecule has 0 fully saturated rings. The summed E-state index contributed by atoms with van der Waals surface area (Å²) >= 11 is 13.4. The number of nitrogens with one attached hydrogen (secondary N) is 1. The van der Waals surface area contributed by atoms with Crippen molar-refractivity contribution in [3.63, 3.8) is 0 Å². The highest BCUT2D eigenvalue weighted by molar-refractivity contribution is 8.04. The summed E-state index contributed by atoms with van der Waals surface area (Å²) in [6, 6.07) is 0. The molecule has 4 N–H and O–H groups in total. The summed E-state index contributed by atoms with van der Waals surface area (Å²) < 4.78 is 9.30. The molecule has 8 heteroatoms. The van der Waals surface area contributed by atoms with Crippen LogP contribution in [0.5, 0.6) is 0 Å². The molecule has 0 rings (SSSR count). The molecule has 0 aliphatic heterocycles. The van der Waals surface area contributed by atoms with Gasteiger partial charge in [-0.05, 0) is 34.1 Å². The smallest absolute Gasteiger partial charge is 0.374 e. The van der Waals surface area contributed by atoms with Crippen molar-refractivity contribution in [3.8, 4) is 0 Å². The molecule has 0 aliphatic rings. The number of amidine groups is 1. The van der Waals surface area contributed by atoms with Gasteiger partial charge in [-0.3, -0.25) is 9.97 Å². The number of hydrogen-bond acceptors (Lipinski definition) is 2. The highest BCUT2D eigenvalue weighted by Gasteiger charge is 2.02. The highest BCUT2D eigenvalue weighted by atomic mass is 35.9. The third-order valence-corrected chi connectivity index (χ3v) is 0. The van der Waals surface area contributed by atoms with Gasteiger partial charge in [0.05, 0.1) is 0 Å². The van der Waals surface area contributed by atoms with Crippen LogP contribution >= 0.6 is 40.2 Å². The topological polar surface area (TPSA) is 87.2 Å². The van der Waals surface area contributed by atoms with Gasteiger partial charge in [0.15, 0.2) is 5.29 Å². The van der Waals surface area contributed by atoms with Crippen LogP contribution in [0, 0.1) is 5.41 Å². The first kappa shape index (κ1) is 12.2. The molecule has 0 atom stereocenters. The molecule has 0 amide bonds. The van der Waals surface area contributed by atoms with Gasteiger partial charge in [-0.2, -0.15) is 0 Å². The van der Waals surface area contributed by atoms with Gasteiger partial charge in [0.1, 0.15) is 0 Å². The lowest BCUT2D eigenvalue weighted by atomic mass is 11.4. The molecular formula is CH4Cl3N2O2P. The average Bonchev–Trinajstić information content (AvgIpc) is 1.19. The van der Waals surface area contributed by atoms with E-state index in [0.29, 0.717) is 0 Å². The second-order valence-electron chi connectivity index (χ2n) is 0.783. The van der Waals surface area contributed by atoms with Crippen LogP contribution in [0.25, 0.3) is 0 Å². The van der Waals surface area contributed by atoms with Crippen LogP contribution < -0.4 is 5.73 Å². The molecule has 0 saturated carbocycles. The molecule has 0 saturated heterocycles. The zero-order chi connectivity index (χ0) is 8.08. The largest absolute Gasteiger partial charge is 0.377 e. The maximum Gasteiger partial charge on any atom is 0.377 e. The van der Waals surface area contributed by atoms with Crippen LogP contribution in [0.2, 0.25) is 0 Å². The molecule has 0 aromatic carbocycles. The third-order valence-electron chi connectivity index (χ3n) is 0. The molecule has 0 heterocycles. The molecule has 0 unspecified atom stereocenters. The molecule has 0 radical (unpaired) electrons. The van der Waals surface area contributed by atoms with Gasteiger partial charge in [0.25, 0.3) is 0 Å². The number of halogens is 3. The fourth-order valence-corrected chi connectivity index (χ4v) is 0. The molecule has 9 heavy (non-hydrogen) atoms. The lowest BCUT2D eigenvalue weighted by molar-refractivity contribution is 0.512. The van der Waals surface area contributed by atoms with E-state index >= 15 is 0 Å².